The second-order valence-corrected chi connectivity index (χ2v) is 5.84. The maximum absolute atomic E-state index is 8.93. The molecule has 0 radical (unpaired) electrons. The summed E-state index contributed by atoms with van der Waals surface area (Å²) in [7, 11) is -1.82. The van der Waals surface area contributed by atoms with Crippen LogP contribution in [0.5, 0.6) is 5.75 Å². The van der Waals surface area contributed by atoms with Gasteiger partial charge in [-0.25, -0.2) is 4.98 Å². The van der Waals surface area contributed by atoms with Crippen LogP contribution in [0.25, 0.3) is 27.5 Å². The highest BCUT2D eigenvalue weighted by Gasteiger charge is 2.13. The monoisotopic (exact) mass is 332 g/mol. The molecule has 4 rings (SSSR count). The van der Waals surface area contributed by atoms with E-state index < -0.39 is 7.32 Å². The Morgan fingerprint density at radius 3 is 2.56 bits per heavy atom. The Hall–Kier alpha value is -2.83. The fraction of sp³-hybridized carbons (Fsp3) is 0.105. The normalized spacial score (nSPS) is 11.2. The number of fused-ring (bicyclic) bond motifs is 2. The van der Waals surface area contributed by atoms with Gasteiger partial charge in [0.15, 0.2) is 0 Å². The average Bonchev–Trinajstić information content (AvgIpc) is 2.99. The lowest BCUT2D eigenvalue weighted by atomic mass is 10.1. The Morgan fingerprint density at radius 1 is 1.00 bits per heavy atom. The molecule has 4 aromatic rings. The summed E-state index contributed by atoms with van der Waals surface area (Å²) in [6.45, 7) is 2.10. The number of aromatic nitrogens is 2. The Bertz CT molecular complexity index is 1060. The molecule has 6 heteroatoms. The predicted molar refractivity (Wildman–Crippen MR) is 98.8 cm³/mol. The zero-order valence-electron chi connectivity index (χ0n) is 13.8. The predicted octanol–water partition coefficient (Wildman–Crippen LogP) is 3.09. The lowest BCUT2D eigenvalue weighted by Crippen LogP contribution is -2.20. The largest absolute Gasteiger partial charge is 0.707 e. The summed E-state index contributed by atoms with van der Waals surface area (Å²) >= 11 is 0. The van der Waals surface area contributed by atoms with Gasteiger partial charge in [0.05, 0.1) is 11.0 Å². The summed E-state index contributed by atoms with van der Waals surface area (Å²) in [4.78, 5) is 4.72. The van der Waals surface area contributed by atoms with Crippen LogP contribution >= 0.6 is 0 Å². The van der Waals surface area contributed by atoms with Gasteiger partial charge >= 0.3 is 7.32 Å². The van der Waals surface area contributed by atoms with Crippen LogP contribution in [0.3, 0.4) is 0 Å². The lowest BCUT2D eigenvalue weighted by Gasteiger charge is -2.11. The van der Waals surface area contributed by atoms with Crippen LogP contribution in [0.2, 0.25) is 0 Å². The third-order valence-electron chi connectivity index (χ3n) is 4.24. The fourth-order valence-electron chi connectivity index (χ4n) is 3.15. The molecule has 124 valence electrons. The van der Waals surface area contributed by atoms with Gasteiger partial charge in [0.1, 0.15) is 11.6 Å². The van der Waals surface area contributed by atoms with E-state index in [1.165, 1.54) is 0 Å². The minimum atomic E-state index is -1.82. The molecule has 0 bridgehead atoms. The Balaban J connectivity index is 1.85. The Kier molecular flexibility index (Phi) is 3.91. The van der Waals surface area contributed by atoms with Gasteiger partial charge in [0, 0.05) is 12.1 Å². The van der Waals surface area contributed by atoms with Crippen molar-refractivity contribution in [2.24, 2.45) is 0 Å². The van der Waals surface area contributed by atoms with Gasteiger partial charge in [0.25, 0.3) is 0 Å². The van der Waals surface area contributed by atoms with Crippen LogP contribution in [0, 0.1) is 0 Å². The van der Waals surface area contributed by atoms with Crippen LogP contribution in [0.1, 0.15) is 12.7 Å². The summed E-state index contributed by atoms with van der Waals surface area (Å²) in [6.07, 6.45) is 0.841. The van der Waals surface area contributed by atoms with Gasteiger partial charge in [-0.2, -0.15) is 0 Å². The van der Waals surface area contributed by atoms with E-state index in [2.05, 4.69) is 23.6 Å². The van der Waals surface area contributed by atoms with Crippen molar-refractivity contribution in [2.75, 3.05) is 0 Å². The molecule has 1 aromatic heterocycles. The van der Waals surface area contributed by atoms with Gasteiger partial charge < -0.3 is 14.7 Å². The van der Waals surface area contributed by atoms with Crippen molar-refractivity contribution < 1.29 is 14.7 Å². The summed E-state index contributed by atoms with van der Waals surface area (Å²) in [5.41, 5.74) is 3.12. The molecule has 25 heavy (non-hydrogen) atoms. The zero-order valence-corrected chi connectivity index (χ0v) is 13.8. The SMILES string of the molecule is CCc1nc2ccccc2n1-c1ccc2cc(OB(O)O)ccc2c1. The van der Waals surface area contributed by atoms with Gasteiger partial charge in [-0.1, -0.05) is 31.2 Å². The lowest BCUT2D eigenvalue weighted by molar-refractivity contribution is 0.288. The van der Waals surface area contributed by atoms with Crippen molar-refractivity contribution in [3.8, 4) is 11.4 Å². The maximum atomic E-state index is 8.93. The first-order valence-corrected chi connectivity index (χ1v) is 8.19. The van der Waals surface area contributed by atoms with Crippen molar-refractivity contribution in [1.82, 2.24) is 9.55 Å². The Morgan fingerprint density at radius 2 is 1.76 bits per heavy atom. The second-order valence-electron chi connectivity index (χ2n) is 5.84. The highest BCUT2D eigenvalue weighted by molar-refractivity contribution is 6.33. The van der Waals surface area contributed by atoms with E-state index in [4.69, 9.17) is 19.7 Å². The standard InChI is InChI=1S/C19H17BN2O3/c1-2-19-21-17-5-3-4-6-18(17)22(19)15-9-7-14-12-16(25-20(23)24)10-8-13(14)11-15/h3-12,23-24H,2H2,1H3. The number of hydrogen-bond donors (Lipinski definition) is 2. The van der Waals surface area contributed by atoms with E-state index in [1.807, 2.05) is 36.4 Å². The minimum absolute atomic E-state index is 0.414. The van der Waals surface area contributed by atoms with Crippen molar-refractivity contribution in [2.45, 2.75) is 13.3 Å². The first kappa shape index (κ1) is 15.7. The van der Waals surface area contributed by atoms with Crippen LogP contribution in [0.15, 0.2) is 60.7 Å². The van der Waals surface area contributed by atoms with Gasteiger partial charge in [-0.05, 0) is 47.2 Å². The number of para-hydroxylation sites is 2. The summed E-state index contributed by atoms with van der Waals surface area (Å²) in [6, 6.07) is 19.7. The molecule has 0 amide bonds. The van der Waals surface area contributed by atoms with E-state index >= 15 is 0 Å². The van der Waals surface area contributed by atoms with Crippen LogP contribution in [-0.4, -0.2) is 26.9 Å². The highest BCUT2D eigenvalue weighted by Crippen LogP contribution is 2.27. The van der Waals surface area contributed by atoms with Crippen molar-refractivity contribution in [3.05, 3.63) is 66.5 Å². The van der Waals surface area contributed by atoms with Gasteiger partial charge in [-0.3, -0.25) is 4.57 Å². The number of aryl methyl sites for hydroxylation is 1. The fourth-order valence-corrected chi connectivity index (χ4v) is 3.15. The molecule has 3 aromatic carbocycles. The number of imidazole rings is 1. The third-order valence-corrected chi connectivity index (χ3v) is 4.24. The minimum Gasteiger partial charge on any atom is -0.512 e. The van der Waals surface area contributed by atoms with E-state index in [9.17, 15) is 0 Å². The number of rotatable bonds is 4. The van der Waals surface area contributed by atoms with Crippen molar-refractivity contribution in [1.29, 1.82) is 0 Å². The first-order chi connectivity index (χ1) is 12.2. The quantitative estimate of drug-likeness (QED) is 0.564. The first-order valence-electron chi connectivity index (χ1n) is 8.19. The molecule has 0 aliphatic carbocycles. The van der Waals surface area contributed by atoms with E-state index in [0.717, 1.165) is 39.7 Å². The molecule has 0 saturated carbocycles. The molecule has 0 unspecified atom stereocenters. The molecule has 0 fully saturated rings. The summed E-state index contributed by atoms with van der Waals surface area (Å²) in [5.74, 6) is 1.43. The van der Waals surface area contributed by atoms with Gasteiger partial charge in [0.2, 0.25) is 0 Å². The topological polar surface area (TPSA) is 67.5 Å². The number of benzene rings is 3. The second kappa shape index (κ2) is 6.24. The smallest absolute Gasteiger partial charge is 0.512 e. The average molecular weight is 332 g/mol. The molecule has 1 heterocycles. The molecular weight excluding hydrogens is 315 g/mol. The third kappa shape index (κ3) is 2.86. The van der Waals surface area contributed by atoms with E-state index in [0.29, 0.717) is 5.75 Å². The van der Waals surface area contributed by atoms with Crippen LogP contribution in [0.4, 0.5) is 0 Å². The molecule has 0 spiro atoms. The summed E-state index contributed by atoms with van der Waals surface area (Å²) in [5, 5.41) is 19.9. The number of hydrogen-bond acceptors (Lipinski definition) is 4. The molecular formula is C19H17BN2O3. The van der Waals surface area contributed by atoms with Gasteiger partial charge in [-0.15, -0.1) is 0 Å². The molecule has 0 saturated heterocycles. The van der Waals surface area contributed by atoms with Crippen LogP contribution < -0.4 is 4.65 Å². The molecule has 0 aliphatic heterocycles. The van der Waals surface area contributed by atoms with Crippen molar-refractivity contribution in [3.63, 3.8) is 0 Å². The van der Waals surface area contributed by atoms with Crippen molar-refractivity contribution >= 4 is 29.1 Å². The van der Waals surface area contributed by atoms with Crippen LogP contribution in [-0.2, 0) is 6.42 Å². The van der Waals surface area contributed by atoms with E-state index in [-0.39, 0.29) is 0 Å². The Labute approximate surface area is 145 Å². The molecule has 0 atom stereocenters. The van der Waals surface area contributed by atoms with E-state index in [1.54, 1.807) is 12.1 Å². The zero-order chi connectivity index (χ0) is 17.4. The molecule has 5 nitrogen and oxygen atoms in total. The molecule has 2 N–H and O–H groups in total. The highest BCUT2D eigenvalue weighted by atomic mass is 16.6. The molecule has 0 aliphatic rings. The maximum Gasteiger partial charge on any atom is 0.707 e. The number of nitrogens with zero attached hydrogens (tertiary/aromatic N) is 2. The summed E-state index contributed by atoms with van der Waals surface area (Å²) < 4.78 is 7.09.